The molecule has 2 aromatic rings. The first-order valence-corrected chi connectivity index (χ1v) is 6.57. The van der Waals surface area contributed by atoms with Crippen molar-refractivity contribution in [3.05, 3.63) is 46.1 Å². The second kappa shape index (κ2) is 5.40. The number of benzene rings is 1. The molecule has 1 heterocycles. The van der Waals surface area contributed by atoms with Crippen molar-refractivity contribution in [2.24, 2.45) is 0 Å². The van der Waals surface area contributed by atoms with Crippen LogP contribution in [0.4, 0.5) is 17.2 Å². The molecule has 0 aliphatic carbocycles. The molecule has 0 spiro atoms. The molecule has 1 aromatic heterocycles. The van der Waals surface area contributed by atoms with Crippen molar-refractivity contribution in [2.75, 3.05) is 17.7 Å². The fourth-order valence-electron chi connectivity index (χ4n) is 1.90. The quantitative estimate of drug-likeness (QED) is 0.890. The van der Waals surface area contributed by atoms with E-state index in [9.17, 15) is 0 Å². The molecule has 0 aliphatic heterocycles. The molecule has 1 aromatic carbocycles. The number of halogens is 1. The Hall–Kier alpha value is -1.55. The lowest BCUT2D eigenvalue weighted by Crippen LogP contribution is -1.98. The molecule has 0 atom stereocenters. The molecule has 0 amide bonds. The van der Waals surface area contributed by atoms with Crippen molar-refractivity contribution >= 4 is 33.1 Å². The molecule has 3 nitrogen and oxygen atoms in total. The second-order valence-electron chi connectivity index (χ2n) is 4.22. The number of nitrogens with one attached hydrogen (secondary N) is 2. The fourth-order valence-corrected chi connectivity index (χ4v) is 2.58. The van der Waals surface area contributed by atoms with Gasteiger partial charge in [-0.1, -0.05) is 15.9 Å². The molecule has 94 valence electrons. The number of anilines is 3. The molecule has 0 bridgehead atoms. The summed E-state index contributed by atoms with van der Waals surface area (Å²) in [5.74, 6) is 0.854. The highest BCUT2D eigenvalue weighted by Gasteiger charge is 2.05. The Morgan fingerprint density at radius 3 is 2.39 bits per heavy atom. The second-order valence-corrected chi connectivity index (χ2v) is 5.14. The van der Waals surface area contributed by atoms with Crippen LogP contribution in [0.2, 0.25) is 0 Å². The number of pyridine rings is 1. The van der Waals surface area contributed by atoms with E-state index in [1.54, 1.807) is 6.20 Å². The zero-order valence-corrected chi connectivity index (χ0v) is 12.3. The summed E-state index contributed by atoms with van der Waals surface area (Å²) in [4.78, 5) is 4.20. The van der Waals surface area contributed by atoms with Gasteiger partial charge in [0.1, 0.15) is 5.82 Å². The van der Waals surface area contributed by atoms with Gasteiger partial charge in [0.05, 0.1) is 0 Å². The molecular formula is C14H16BrN3. The van der Waals surface area contributed by atoms with Crippen LogP contribution in [0.1, 0.15) is 11.1 Å². The Kier molecular flexibility index (Phi) is 3.87. The summed E-state index contributed by atoms with van der Waals surface area (Å²) in [7, 11) is 1.86. The Bertz CT molecular complexity index is 544. The number of hydrogen-bond donors (Lipinski definition) is 2. The van der Waals surface area contributed by atoms with E-state index in [2.05, 4.69) is 57.5 Å². The van der Waals surface area contributed by atoms with Gasteiger partial charge in [0.25, 0.3) is 0 Å². The summed E-state index contributed by atoms with van der Waals surface area (Å²) in [6.45, 7) is 4.19. The van der Waals surface area contributed by atoms with Gasteiger partial charge in [-0.05, 0) is 43.2 Å². The average molecular weight is 306 g/mol. The largest absolute Gasteiger partial charge is 0.373 e. The lowest BCUT2D eigenvalue weighted by Gasteiger charge is -2.14. The lowest BCUT2D eigenvalue weighted by atomic mass is 10.1. The Labute approximate surface area is 116 Å². The van der Waals surface area contributed by atoms with Crippen LogP contribution >= 0.6 is 15.9 Å². The first kappa shape index (κ1) is 12.9. The van der Waals surface area contributed by atoms with Gasteiger partial charge in [-0.15, -0.1) is 0 Å². The molecule has 0 saturated carbocycles. The SMILES string of the molecule is CNc1cc(Nc2c(C)cc(Br)cc2C)ccn1. The van der Waals surface area contributed by atoms with E-state index in [1.165, 1.54) is 11.1 Å². The van der Waals surface area contributed by atoms with Crippen LogP contribution < -0.4 is 10.6 Å². The van der Waals surface area contributed by atoms with Crippen LogP contribution in [0.25, 0.3) is 0 Å². The highest BCUT2D eigenvalue weighted by Crippen LogP contribution is 2.28. The standard InChI is InChI=1S/C14H16BrN3/c1-9-6-11(15)7-10(2)14(9)18-12-4-5-17-13(8-12)16-3/h4-8H,1-3H3,(H2,16,17,18). The third kappa shape index (κ3) is 2.82. The topological polar surface area (TPSA) is 37.0 Å². The third-order valence-electron chi connectivity index (χ3n) is 2.78. The molecule has 2 rings (SSSR count). The van der Waals surface area contributed by atoms with Crippen LogP contribution in [0.3, 0.4) is 0 Å². The molecular weight excluding hydrogens is 290 g/mol. The monoisotopic (exact) mass is 305 g/mol. The van der Waals surface area contributed by atoms with Crippen molar-refractivity contribution in [2.45, 2.75) is 13.8 Å². The first-order chi connectivity index (χ1) is 8.60. The number of hydrogen-bond acceptors (Lipinski definition) is 3. The maximum absolute atomic E-state index is 4.20. The fraction of sp³-hybridized carbons (Fsp3) is 0.214. The van der Waals surface area contributed by atoms with Crippen LogP contribution in [0, 0.1) is 13.8 Å². The number of rotatable bonds is 3. The van der Waals surface area contributed by atoms with E-state index in [1.807, 2.05) is 19.2 Å². The summed E-state index contributed by atoms with van der Waals surface area (Å²) >= 11 is 3.51. The van der Waals surface area contributed by atoms with Gasteiger partial charge >= 0.3 is 0 Å². The van der Waals surface area contributed by atoms with Gasteiger partial charge in [0.15, 0.2) is 0 Å². The lowest BCUT2D eigenvalue weighted by molar-refractivity contribution is 1.28. The van der Waals surface area contributed by atoms with Crippen LogP contribution in [-0.2, 0) is 0 Å². The van der Waals surface area contributed by atoms with Gasteiger partial charge in [0, 0.05) is 35.2 Å². The minimum absolute atomic E-state index is 0.854. The predicted octanol–water partition coefficient (Wildman–Crippen LogP) is 4.25. The zero-order chi connectivity index (χ0) is 13.1. The van der Waals surface area contributed by atoms with Crippen molar-refractivity contribution in [1.29, 1.82) is 0 Å². The summed E-state index contributed by atoms with van der Waals surface area (Å²) < 4.78 is 1.11. The highest BCUT2D eigenvalue weighted by atomic mass is 79.9. The zero-order valence-electron chi connectivity index (χ0n) is 10.7. The van der Waals surface area contributed by atoms with Gasteiger partial charge in [-0.3, -0.25) is 0 Å². The summed E-state index contributed by atoms with van der Waals surface area (Å²) in [6.07, 6.45) is 1.79. The molecule has 18 heavy (non-hydrogen) atoms. The molecule has 0 unspecified atom stereocenters. The van der Waals surface area contributed by atoms with Crippen molar-refractivity contribution in [1.82, 2.24) is 4.98 Å². The number of aryl methyl sites for hydroxylation is 2. The summed E-state index contributed by atoms with van der Waals surface area (Å²) in [6, 6.07) is 8.16. The minimum Gasteiger partial charge on any atom is -0.373 e. The van der Waals surface area contributed by atoms with Gasteiger partial charge in [-0.2, -0.15) is 0 Å². The van der Waals surface area contributed by atoms with Crippen LogP contribution in [0.5, 0.6) is 0 Å². The van der Waals surface area contributed by atoms with E-state index in [4.69, 9.17) is 0 Å². The van der Waals surface area contributed by atoms with Crippen molar-refractivity contribution < 1.29 is 0 Å². The first-order valence-electron chi connectivity index (χ1n) is 5.77. The Balaban J connectivity index is 2.33. The van der Waals surface area contributed by atoms with E-state index in [0.717, 1.165) is 21.7 Å². The van der Waals surface area contributed by atoms with Gasteiger partial charge < -0.3 is 10.6 Å². The average Bonchev–Trinajstić information content (AvgIpc) is 2.34. The normalized spacial score (nSPS) is 10.2. The highest BCUT2D eigenvalue weighted by molar-refractivity contribution is 9.10. The Morgan fingerprint density at radius 2 is 1.78 bits per heavy atom. The smallest absolute Gasteiger partial charge is 0.127 e. The van der Waals surface area contributed by atoms with E-state index >= 15 is 0 Å². The van der Waals surface area contributed by atoms with Crippen LogP contribution in [-0.4, -0.2) is 12.0 Å². The van der Waals surface area contributed by atoms with E-state index in [0.29, 0.717) is 0 Å². The van der Waals surface area contributed by atoms with Crippen molar-refractivity contribution in [3.63, 3.8) is 0 Å². The Morgan fingerprint density at radius 1 is 1.11 bits per heavy atom. The minimum atomic E-state index is 0.854. The molecule has 4 heteroatoms. The number of aromatic nitrogens is 1. The van der Waals surface area contributed by atoms with Crippen molar-refractivity contribution in [3.8, 4) is 0 Å². The molecule has 0 fully saturated rings. The summed E-state index contributed by atoms with van der Waals surface area (Å²) in [5, 5.41) is 6.47. The predicted molar refractivity (Wildman–Crippen MR) is 80.7 cm³/mol. The van der Waals surface area contributed by atoms with Crippen LogP contribution in [0.15, 0.2) is 34.9 Å². The number of nitrogens with zero attached hydrogens (tertiary/aromatic N) is 1. The van der Waals surface area contributed by atoms with Gasteiger partial charge in [-0.25, -0.2) is 4.98 Å². The van der Waals surface area contributed by atoms with E-state index in [-0.39, 0.29) is 0 Å². The maximum atomic E-state index is 4.20. The maximum Gasteiger partial charge on any atom is 0.127 e. The third-order valence-corrected chi connectivity index (χ3v) is 3.24. The van der Waals surface area contributed by atoms with E-state index < -0.39 is 0 Å². The molecule has 2 N–H and O–H groups in total. The molecule has 0 saturated heterocycles. The summed E-state index contributed by atoms with van der Waals surface area (Å²) in [5.41, 5.74) is 4.60. The molecule has 0 radical (unpaired) electrons. The van der Waals surface area contributed by atoms with Gasteiger partial charge in [0.2, 0.25) is 0 Å². The molecule has 0 aliphatic rings.